The van der Waals surface area contributed by atoms with Crippen LogP contribution in [0.3, 0.4) is 0 Å². The van der Waals surface area contributed by atoms with Crippen molar-refractivity contribution in [2.75, 3.05) is 13.7 Å². The van der Waals surface area contributed by atoms with Crippen LogP contribution in [0.5, 0.6) is 5.75 Å². The van der Waals surface area contributed by atoms with Crippen molar-refractivity contribution in [3.05, 3.63) is 59.1 Å². The molecule has 0 spiro atoms. The van der Waals surface area contributed by atoms with Crippen molar-refractivity contribution < 1.29 is 9.53 Å². The molecule has 2 aromatic heterocycles. The summed E-state index contributed by atoms with van der Waals surface area (Å²) in [7, 11) is 1.64. The summed E-state index contributed by atoms with van der Waals surface area (Å²) in [5.41, 5.74) is 2.38. The number of thiophene rings is 1. The lowest BCUT2D eigenvalue weighted by atomic mass is 10.1. The minimum Gasteiger partial charge on any atom is -0.497 e. The third-order valence-corrected chi connectivity index (χ3v) is 4.33. The molecule has 2 heterocycles. The van der Waals surface area contributed by atoms with E-state index < -0.39 is 0 Å². The number of hydrogen-bond acceptors (Lipinski definition) is 4. The molecule has 5 nitrogen and oxygen atoms in total. The summed E-state index contributed by atoms with van der Waals surface area (Å²) >= 11 is 1.60. The Bertz CT molecular complexity index is 781. The van der Waals surface area contributed by atoms with Crippen LogP contribution >= 0.6 is 11.3 Å². The van der Waals surface area contributed by atoms with Crippen LogP contribution in [0.25, 0.3) is 10.6 Å². The lowest BCUT2D eigenvalue weighted by Crippen LogP contribution is -2.26. The largest absolute Gasteiger partial charge is 0.497 e. The number of hydrogen-bond donors (Lipinski definition) is 2. The van der Waals surface area contributed by atoms with Crippen LogP contribution in [-0.2, 0) is 6.42 Å². The smallest absolute Gasteiger partial charge is 0.271 e. The fraction of sp³-hybridized carbons (Fsp3) is 0.176. The zero-order valence-electron chi connectivity index (χ0n) is 12.7. The van der Waals surface area contributed by atoms with Crippen molar-refractivity contribution in [1.29, 1.82) is 0 Å². The van der Waals surface area contributed by atoms with Gasteiger partial charge in [-0.05, 0) is 41.6 Å². The maximum atomic E-state index is 12.1. The van der Waals surface area contributed by atoms with E-state index in [1.807, 2.05) is 41.8 Å². The first-order chi connectivity index (χ1) is 11.3. The highest BCUT2D eigenvalue weighted by Crippen LogP contribution is 2.22. The monoisotopic (exact) mass is 327 g/mol. The van der Waals surface area contributed by atoms with E-state index in [-0.39, 0.29) is 5.91 Å². The molecule has 1 aromatic carbocycles. The highest BCUT2D eigenvalue weighted by Gasteiger charge is 2.11. The van der Waals surface area contributed by atoms with Gasteiger partial charge in [-0.15, -0.1) is 11.3 Å². The number of carbonyl (C=O) groups excluding carboxylic acids is 1. The molecule has 3 aromatic rings. The van der Waals surface area contributed by atoms with Crippen LogP contribution in [-0.4, -0.2) is 29.8 Å². The quantitative estimate of drug-likeness (QED) is 0.731. The number of ether oxygens (including phenoxy) is 1. The highest BCUT2D eigenvalue weighted by atomic mass is 32.1. The van der Waals surface area contributed by atoms with Gasteiger partial charge in [0.1, 0.15) is 5.75 Å². The number of H-pyrrole nitrogens is 1. The summed E-state index contributed by atoms with van der Waals surface area (Å²) < 4.78 is 5.19. The van der Waals surface area contributed by atoms with Crippen molar-refractivity contribution in [3.63, 3.8) is 0 Å². The van der Waals surface area contributed by atoms with E-state index in [1.165, 1.54) is 0 Å². The molecule has 0 aliphatic carbocycles. The fourth-order valence-corrected chi connectivity index (χ4v) is 2.93. The molecular weight excluding hydrogens is 310 g/mol. The fourth-order valence-electron chi connectivity index (χ4n) is 2.23. The summed E-state index contributed by atoms with van der Waals surface area (Å²) in [4.78, 5) is 13.2. The topological polar surface area (TPSA) is 67.0 Å². The Morgan fingerprint density at radius 3 is 3.00 bits per heavy atom. The zero-order valence-corrected chi connectivity index (χ0v) is 13.5. The molecule has 23 heavy (non-hydrogen) atoms. The van der Waals surface area contributed by atoms with Gasteiger partial charge in [0.25, 0.3) is 5.91 Å². The number of methoxy groups -OCH3 is 1. The summed E-state index contributed by atoms with van der Waals surface area (Å²) in [6.07, 6.45) is 0.741. The van der Waals surface area contributed by atoms with Crippen molar-refractivity contribution in [3.8, 4) is 16.3 Å². The molecule has 0 saturated carbocycles. The van der Waals surface area contributed by atoms with Crippen molar-refractivity contribution >= 4 is 17.2 Å². The Morgan fingerprint density at radius 2 is 2.22 bits per heavy atom. The molecule has 0 unspecified atom stereocenters. The van der Waals surface area contributed by atoms with Gasteiger partial charge in [0, 0.05) is 6.54 Å². The highest BCUT2D eigenvalue weighted by molar-refractivity contribution is 7.13. The second kappa shape index (κ2) is 7.11. The summed E-state index contributed by atoms with van der Waals surface area (Å²) in [5, 5.41) is 11.8. The molecule has 0 radical (unpaired) electrons. The summed E-state index contributed by atoms with van der Waals surface area (Å²) in [5.74, 6) is 0.647. The van der Waals surface area contributed by atoms with Crippen LogP contribution in [0, 0.1) is 0 Å². The number of aromatic amines is 1. The molecule has 2 N–H and O–H groups in total. The average Bonchev–Trinajstić information content (AvgIpc) is 3.26. The Morgan fingerprint density at radius 1 is 1.30 bits per heavy atom. The Hall–Kier alpha value is -2.60. The van der Waals surface area contributed by atoms with E-state index in [0.29, 0.717) is 12.2 Å². The van der Waals surface area contributed by atoms with Gasteiger partial charge < -0.3 is 10.1 Å². The normalized spacial score (nSPS) is 10.5. The maximum Gasteiger partial charge on any atom is 0.271 e. The first kappa shape index (κ1) is 15.3. The van der Waals surface area contributed by atoms with E-state index in [9.17, 15) is 4.79 Å². The predicted molar refractivity (Wildman–Crippen MR) is 90.9 cm³/mol. The first-order valence-corrected chi connectivity index (χ1v) is 8.14. The molecule has 1 amide bonds. The molecule has 118 valence electrons. The molecule has 0 aliphatic heterocycles. The first-order valence-electron chi connectivity index (χ1n) is 7.26. The van der Waals surface area contributed by atoms with Gasteiger partial charge in [-0.1, -0.05) is 18.2 Å². The molecule has 0 bridgehead atoms. The average molecular weight is 327 g/mol. The van der Waals surface area contributed by atoms with Crippen molar-refractivity contribution in [2.24, 2.45) is 0 Å². The minimum absolute atomic E-state index is 0.174. The van der Waals surface area contributed by atoms with E-state index in [4.69, 9.17) is 4.74 Å². The van der Waals surface area contributed by atoms with E-state index in [2.05, 4.69) is 15.5 Å². The third-order valence-electron chi connectivity index (χ3n) is 3.43. The Labute approximate surface area is 138 Å². The second-order valence-corrected chi connectivity index (χ2v) is 5.95. The van der Waals surface area contributed by atoms with Crippen LogP contribution in [0.2, 0.25) is 0 Å². The van der Waals surface area contributed by atoms with Gasteiger partial charge in [0.15, 0.2) is 5.69 Å². The van der Waals surface area contributed by atoms with Gasteiger partial charge in [-0.2, -0.15) is 5.10 Å². The van der Waals surface area contributed by atoms with Crippen LogP contribution in [0.15, 0.2) is 47.8 Å². The number of aromatic nitrogens is 2. The van der Waals surface area contributed by atoms with Crippen LogP contribution in [0.4, 0.5) is 0 Å². The predicted octanol–water partition coefficient (Wildman–Crippen LogP) is 3.12. The minimum atomic E-state index is -0.174. The number of rotatable bonds is 6. The lowest BCUT2D eigenvalue weighted by Gasteiger charge is -2.05. The van der Waals surface area contributed by atoms with Crippen LogP contribution < -0.4 is 10.1 Å². The SMILES string of the molecule is COc1cccc(CCNC(=O)c2cc(-c3cccs3)[nH]n2)c1. The molecule has 3 rings (SSSR count). The van der Waals surface area contributed by atoms with Crippen LogP contribution in [0.1, 0.15) is 16.1 Å². The molecule has 6 heteroatoms. The molecular formula is C17H17N3O2S. The van der Waals surface area contributed by atoms with Gasteiger partial charge in [0.05, 0.1) is 17.7 Å². The van der Waals surface area contributed by atoms with E-state index in [0.717, 1.165) is 28.3 Å². The summed E-state index contributed by atoms with van der Waals surface area (Å²) in [6.45, 7) is 0.549. The Kier molecular flexibility index (Phi) is 4.73. The standard InChI is InChI=1S/C17H17N3O2S/c1-22-13-5-2-4-12(10-13)7-8-18-17(21)15-11-14(19-20-15)16-6-3-9-23-16/h2-6,9-11H,7-8H2,1H3,(H,18,21)(H,19,20). The van der Waals surface area contributed by atoms with Gasteiger partial charge in [0.2, 0.25) is 0 Å². The zero-order chi connectivity index (χ0) is 16.1. The number of nitrogens with one attached hydrogen (secondary N) is 2. The van der Waals surface area contributed by atoms with E-state index in [1.54, 1.807) is 24.5 Å². The summed E-state index contributed by atoms with van der Waals surface area (Å²) in [6, 6.07) is 13.5. The van der Waals surface area contributed by atoms with Gasteiger partial charge in [-0.25, -0.2) is 0 Å². The van der Waals surface area contributed by atoms with Crippen molar-refractivity contribution in [1.82, 2.24) is 15.5 Å². The lowest BCUT2D eigenvalue weighted by molar-refractivity contribution is 0.0949. The Balaban J connectivity index is 1.55. The van der Waals surface area contributed by atoms with Gasteiger partial charge >= 0.3 is 0 Å². The van der Waals surface area contributed by atoms with E-state index >= 15 is 0 Å². The number of nitrogens with zero attached hydrogens (tertiary/aromatic N) is 1. The molecule has 0 atom stereocenters. The molecule has 0 fully saturated rings. The third kappa shape index (κ3) is 3.78. The number of amides is 1. The maximum absolute atomic E-state index is 12.1. The second-order valence-electron chi connectivity index (χ2n) is 5.00. The molecule has 0 aliphatic rings. The molecule has 0 saturated heterocycles. The number of carbonyl (C=O) groups is 1. The number of benzene rings is 1. The van der Waals surface area contributed by atoms with Gasteiger partial charge in [-0.3, -0.25) is 9.89 Å². The van der Waals surface area contributed by atoms with Crippen molar-refractivity contribution in [2.45, 2.75) is 6.42 Å².